The van der Waals surface area contributed by atoms with E-state index in [1.54, 1.807) is 0 Å². The zero-order valence-electron chi connectivity index (χ0n) is 10.1. The highest BCUT2D eigenvalue weighted by Gasteiger charge is 2.14. The molecule has 0 spiro atoms. The second kappa shape index (κ2) is 4.87. The molecule has 0 radical (unpaired) electrons. The molecule has 0 atom stereocenters. The molecule has 0 saturated carbocycles. The fourth-order valence-electron chi connectivity index (χ4n) is 1.70. The monoisotopic (exact) mass is 284 g/mol. The minimum absolute atomic E-state index is 0.0465. The van der Waals surface area contributed by atoms with Crippen molar-refractivity contribution in [1.82, 2.24) is 0 Å². The Morgan fingerprint density at radius 3 is 1.94 bits per heavy atom. The first-order valence-electron chi connectivity index (χ1n) is 5.11. The van der Waals surface area contributed by atoms with E-state index in [-0.39, 0.29) is 5.91 Å². The van der Waals surface area contributed by atoms with Crippen LogP contribution < -0.4 is 11.1 Å². The third kappa shape index (κ3) is 2.21. The molecule has 88 valence electrons. The Balaban J connectivity index is 3.34. The Morgan fingerprint density at radius 1 is 1.12 bits per heavy atom. The van der Waals surface area contributed by atoms with Crippen LogP contribution in [-0.4, -0.2) is 11.2 Å². The summed E-state index contributed by atoms with van der Waals surface area (Å²) in [5, 5.41) is 3.20. The Morgan fingerprint density at radius 2 is 1.56 bits per heavy atom. The molecule has 3 N–H and O–H groups in total. The SMILES string of the molecule is Cc1c(C)c(NC(=O)CBr)c(C)c(C)c1N. The molecule has 1 rings (SSSR count). The molecule has 0 aliphatic heterocycles. The van der Waals surface area contributed by atoms with Crippen LogP contribution in [0.15, 0.2) is 0 Å². The summed E-state index contributed by atoms with van der Waals surface area (Å²) in [5.41, 5.74) is 11.8. The number of nitrogens with one attached hydrogen (secondary N) is 1. The molecule has 0 aliphatic rings. The van der Waals surface area contributed by atoms with E-state index < -0.39 is 0 Å². The maximum absolute atomic E-state index is 11.4. The van der Waals surface area contributed by atoms with Gasteiger partial charge in [0.15, 0.2) is 0 Å². The van der Waals surface area contributed by atoms with Gasteiger partial charge in [-0.3, -0.25) is 4.79 Å². The number of hydrogen-bond donors (Lipinski definition) is 2. The molecule has 0 unspecified atom stereocenters. The van der Waals surface area contributed by atoms with Crippen LogP contribution in [0.5, 0.6) is 0 Å². The number of benzene rings is 1. The third-order valence-corrected chi connectivity index (χ3v) is 3.58. The third-order valence-electron chi connectivity index (χ3n) is 3.07. The second-order valence-electron chi connectivity index (χ2n) is 3.97. The molecule has 0 bridgehead atoms. The molecule has 0 heterocycles. The predicted octanol–water partition coefficient (Wildman–Crippen LogP) is 2.84. The Hall–Kier alpha value is -1.03. The van der Waals surface area contributed by atoms with Crippen molar-refractivity contribution in [3.05, 3.63) is 22.3 Å². The van der Waals surface area contributed by atoms with Gasteiger partial charge >= 0.3 is 0 Å². The van der Waals surface area contributed by atoms with Crippen molar-refractivity contribution in [3.8, 4) is 0 Å². The number of carbonyl (C=O) groups excluding carboxylic acids is 1. The smallest absolute Gasteiger partial charge is 0.235 e. The number of carbonyl (C=O) groups is 1. The van der Waals surface area contributed by atoms with Gasteiger partial charge in [0.25, 0.3) is 0 Å². The van der Waals surface area contributed by atoms with Gasteiger partial charge in [-0.15, -0.1) is 0 Å². The van der Waals surface area contributed by atoms with Crippen LogP contribution in [0.2, 0.25) is 0 Å². The largest absolute Gasteiger partial charge is 0.398 e. The van der Waals surface area contributed by atoms with Crippen LogP contribution in [0.25, 0.3) is 0 Å². The van der Waals surface area contributed by atoms with Crippen molar-refractivity contribution in [1.29, 1.82) is 0 Å². The van der Waals surface area contributed by atoms with Gasteiger partial charge in [-0.05, 0) is 49.9 Å². The highest BCUT2D eigenvalue weighted by molar-refractivity contribution is 9.09. The lowest BCUT2D eigenvalue weighted by atomic mass is 9.96. The van der Waals surface area contributed by atoms with Crippen LogP contribution >= 0.6 is 15.9 Å². The molecule has 1 aromatic rings. The van der Waals surface area contributed by atoms with Crippen molar-refractivity contribution in [2.45, 2.75) is 27.7 Å². The van der Waals surface area contributed by atoms with Crippen molar-refractivity contribution < 1.29 is 4.79 Å². The molecule has 1 aromatic carbocycles. The standard InChI is InChI=1S/C12H17BrN2O/c1-6-8(3)12(15-10(16)5-13)9(4)7(2)11(6)14/h5,14H2,1-4H3,(H,15,16). The van der Waals surface area contributed by atoms with Crippen LogP contribution in [0, 0.1) is 27.7 Å². The zero-order chi connectivity index (χ0) is 12.5. The van der Waals surface area contributed by atoms with Gasteiger partial charge in [0.2, 0.25) is 5.91 Å². The fraction of sp³-hybridized carbons (Fsp3) is 0.417. The number of hydrogen-bond acceptors (Lipinski definition) is 2. The molecule has 0 saturated heterocycles. The fourth-order valence-corrected chi connectivity index (χ4v) is 1.84. The van der Waals surface area contributed by atoms with Crippen molar-refractivity contribution in [2.24, 2.45) is 0 Å². The number of alkyl halides is 1. The van der Waals surface area contributed by atoms with E-state index in [9.17, 15) is 4.79 Å². The highest BCUT2D eigenvalue weighted by Crippen LogP contribution is 2.32. The summed E-state index contributed by atoms with van der Waals surface area (Å²) < 4.78 is 0. The molecule has 0 aliphatic carbocycles. The van der Waals surface area contributed by atoms with E-state index in [1.165, 1.54) is 0 Å². The number of nitrogens with two attached hydrogens (primary N) is 1. The quantitative estimate of drug-likeness (QED) is 0.648. The summed E-state index contributed by atoms with van der Waals surface area (Å²) >= 11 is 3.14. The molecule has 3 nitrogen and oxygen atoms in total. The van der Waals surface area contributed by atoms with Gasteiger partial charge in [-0.1, -0.05) is 15.9 Å². The van der Waals surface area contributed by atoms with E-state index in [4.69, 9.17) is 5.73 Å². The van der Waals surface area contributed by atoms with Crippen molar-refractivity contribution >= 4 is 33.2 Å². The van der Waals surface area contributed by atoms with E-state index in [2.05, 4.69) is 21.2 Å². The van der Waals surface area contributed by atoms with E-state index in [0.29, 0.717) is 5.33 Å². The average Bonchev–Trinajstić information content (AvgIpc) is 2.29. The maximum atomic E-state index is 11.4. The highest BCUT2D eigenvalue weighted by atomic mass is 79.9. The van der Waals surface area contributed by atoms with Crippen molar-refractivity contribution in [2.75, 3.05) is 16.4 Å². The summed E-state index contributed by atoms with van der Waals surface area (Å²) in [6, 6.07) is 0. The topological polar surface area (TPSA) is 55.1 Å². The first-order chi connectivity index (χ1) is 7.40. The molecular weight excluding hydrogens is 268 g/mol. The van der Waals surface area contributed by atoms with Gasteiger partial charge in [0, 0.05) is 11.4 Å². The number of nitrogen functional groups attached to an aromatic ring is 1. The lowest BCUT2D eigenvalue weighted by molar-refractivity contribution is -0.113. The molecule has 16 heavy (non-hydrogen) atoms. The summed E-state index contributed by atoms with van der Waals surface area (Å²) in [6.45, 7) is 7.89. The lowest BCUT2D eigenvalue weighted by Crippen LogP contribution is -2.16. The summed E-state index contributed by atoms with van der Waals surface area (Å²) in [7, 11) is 0. The second-order valence-corrected chi connectivity index (χ2v) is 4.53. The maximum Gasteiger partial charge on any atom is 0.235 e. The van der Waals surface area contributed by atoms with Gasteiger partial charge in [0.05, 0.1) is 5.33 Å². The number of amides is 1. The van der Waals surface area contributed by atoms with Crippen LogP contribution in [0.1, 0.15) is 22.3 Å². The van der Waals surface area contributed by atoms with Crippen LogP contribution in [0.4, 0.5) is 11.4 Å². The van der Waals surface area contributed by atoms with Gasteiger partial charge in [-0.25, -0.2) is 0 Å². The van der Waals surface area contributed by atoms with Crippen LogP contribution in [0.3, 0.4) is 0 Å². The Kier molecular flexibility index (Phi) is 3.97. The molecule has 0 aromatic heterocycles. The first-order valence-corrected chi connectivity index (χ1v) is 6.24. The first kappa shape index (κ1) is 13.0. The minimum atomic E-state index is -0.0465. The molecule has 0 fully saturated rings. The van der Waals surface area contributed by atoms with E-state index >= 15 is 0 Å². The summed E-state index contributed by atoms with van der Waals surface area (Å²) in [5.74, 6) is -0.0465. The minimum Gasteiger partial charge on any atom is -0.398 e. The summed E-state index contributed by atoms with van der Waals surface area (Å²) in [4.78, 5) is 11.4. The van der Waals surface area contributed by atoms with E-state index in [1.807, 2.05) is 27.7 Å². The van der Waals surface area contributed by atoms with Gasteiger partial charge in [0.1, 0.15) is 0 Å². The van der Waals surface area contributed by atoms with Gasteiger partial charge < -0.3 is 11.1 Å². The number of halogens is 1. The van der Waals surface area contributed by atoms with E-state index in [0.717, 1.165) is 33.6 Å². The van der Waals surface area contributed by atoms with Crippen LogP contribution in [-0.2, 0) is 4.79 Å². The summed E-state index contributed by atoms with van der Waals surface area (Å²) in [6.07, 6.45) is 0. The lowest BCUT2D eigenvalue weighted by Gasteiger charge is -2.18. The number of anilines is 2. The Bertz CT molecular complexity index is 412. The molecule has 1 amide bonds. The predicted molar refractivity (Wildman–Crippen MR) is 72.2 cm³/mol. The van der Waals surface area contributed by atoms with Crippen molar-refractivity contribution in [3.63, 3.8) is 0 Å². The Labute approximate surface area is 105 Å². The molecular formula is C12H17BrN2O. The zero-order valence-corrected chi connectivity index (χ0v) is 11.7. The molecule has 4 heteroatoms. The normalized spacial score (nSPS) is 10.3. The average molecular weight is 285 g/mol. The number of rotatable bonds is 2. The van der Waals surface area contributed by atoms with Gasteiger partial charge in [-0.2, -0.15) is 0 Å².